The molecule has 1 aromatic carbocycles. The molecule has 0 unspecified atom stereocenters. The molecule has 1 aliphatic rings. The highest BCUT2D eigenvalue weighted by Gasteiger charge is 2.39. The Morgan fingerprint density at radius 3 is 2.43 bits per heavy atom. The van der Waals surface area contributed by atoms with Gasteiger partial charge in [-0.15, -0.1) is 0 Å². The van der Waals surface area contributed by atoms with Crippen LogP contribution in [0.2, 0.25) is 5.02 Å². The third kappa shape index (κ3) is 3.62. The van der Waals surface area contributed by atoms with Crippen LogP contribution in [0.1, 0.15) is 24.2 Å². The predicted octanol–water partition coefficient (Wildman–Crippen LogP) is 2.26. The number of rotatable bonds is 3. The van der Waals surface area contributed by atoms with Gasteiger partial charge in [0.15, 0.2) is 5.57 Å². The molecule has 0 amide bonds. The maximum atomic E-state index is 11.8. The average molecular weight is 340 g/mol. The summed E-state index contributed by atoms with van der Waals surface area (Å²) in [6, 6.07) is 4.59. The molecule has 1 saturated heterocycles. The summed E-state index contributed by atoms with van der Waals surface area (Å²) in [4.78, 5) is 35.4. The minimum Gasteiger partial charge on any atom is -0.465 e. The Morgan fingerprint density at radius 2 is 1.87 bits per heavy atom. The van der Waals surface area contributed by atoms with Crippen molar-refractivity contribution >= 4 is 35.2 Å². The van der Waals surface area contributed by atoms with E-state index >= 15 is 0 Å². The summed E-state index contributed by atoms with van der Waals surface area (Å²) >= 11 is 6.03. The minimum atomic E-state index is -1.33. The molecule has 0 aromatic heterocycles. The fourth-order valence-electron chi connectivity index (χ4n) is 1.87. The summed E-state index contributed by atoms with van der Waals surface area (Å²) in [5.41, 5.74) is -0.00580. The standard InChI is InChI=1S/C15H14ClNO6/c1-15(2)22-13(19)9(14(20)23-15)7-17-11-8(12(18)21-3)5-4-6-10(11)16/h4-7,17H,1-3H3. The highest BCUT2D eigenvalue weighted by atomic mass is 35.5. The number of nitrogens with one attached hydrogen (secondary N) is 1. The van der Waals surface area contributed by atoms with E-state index in [-0.39, 0.29) is 21.8 Å². The fraction of sp³-hybridized carbons (Fsp3) is 0.267. The summed E-state index contributed by atoms with van der Waals surface area (Å²) in [5.74, 6) is -3.63. The van der Waals surface area contributed by atoms with Crippen molar-refractivity contribution in [2.45, 2.75) is 19.6 Å². The number of carbonyl (C=O) groups excluding carboxylic acids is 3. The lowest BCUT2D eigenvalue weighted by Gasteiger charge is -2.29. The molecule has 0 spiro atoms. The van der Waals surface area contributed by atoms with Gasteiger partial charge in [0.2, 0.25) is 0 Å². The second kappa shape index (κ2) is 6.29. The number of esters is 3. The number of ether oxygens (including phenoxy) is 3. The monoisotopic (exact) mass is 339 g/mol. The van der Waals surface area contributed by atoms with Crippen LogP contribution >= 0.6 is 11.6 Å². The van der Waals surface area contributed by atoms with Crippen molar-refractivity contribution in [3.63, 3.8) is 0 Å². The van der Waals surface area contributed by atoms with Crippen LogP contribution in [0.3, 0.4) is 0 Å². The molecular weight excluding hydrogens is 326 g/mol. The molecule has 122 valence electrons. The van der Waals surface area contributed by atoms with E-state index in [1.165, 1.54) is 33.1 Å². The van der Waals surface area contributed by atoms with E-state index in [0.717, 1.165) is 6.20 Å². The number of hydrogen-bond acceptors (Lipinski definition) is 7. The SMILES string of the molecule is COC(=O)c1cccc(Cl)c1NC=C1C(=O)OC(C)(C)OC1=O. The number of methoxy groups -OCH3 is 1. The predicted molar refractivity (Wildman–Crippen MR) is 80.8 cm³/mol. The van der Waals surface area contributed by atoms with E-state index in [2.05, 4.69) is 10.1 Å². The van der Waals surface area contributed by atoms with Crippen molar-refractivity contribution in [1.82, 2.24) is 0 Å². The number of cyclic esters (lactones) is 2. The quantitative estimate of drug-likeness (QED) is 0.513. The maximum absolute atomic E-state index is 11.8. The lowest BCUT2D eigenvalue weighted by Crippen LogP contribution is -2.42. The lowest BCUT2D eigenvalue weighted by atomic mass is 10.1. The molecule has 7 nitrogen and oxygen atoms in total. The molecule has 2 rings (SSSR count). The van der Waals surface area contributed by atoms with Gasteiger partial charge >= 0.3 is 17.9 Å². The summed E-state index contributed by atoms with van der Waals surface area (Å²) < 4.78 is 14.6. The topological polar surface area (TPSA) is 90.9 Å². The molecule has 1 heterocycles. The first kappa shape index (κ1) is 16.8. The van der Waals surface area contributed by atoms with Crippen LogP contribution in [0, 0.1) is 0 Å². The van der Waals surface area contributed by atoms with E-state index in [0.29, 0.717) is 0 Å². The summed E-state index contributed by atoms with van der Waals surface area (Å²) in [6.45, 7) is 2.88. The molecular formula is C15H14ClNO6. The van der Waals surface area contributed by atoms with Gasteiger partial charge in [-0.05, 0) is 12.1 Å². The Balaban J connectivity index is 2.32. The van der Waals surface area contributed by atoms with Crippen molar-refractivity contribution in [2.24, 2.45) is 0 Å². The zero-order valence-electron chi connectivity index (χ0n) is 12.6. The fourth-order valence-corrected chi connectivity index (χ4v) is 2.10. The Labute approximate surface area is 137 Å². The van der Waals surface area contributed by atoms with E-state index in [1.807, 2.05) is 0 Å². The zero-order valence-corrected chi connectivity index (χ0v) is 13.4. The molecule has 1 N–H and O–H groups in total. The molecule has 1 aromatic rings. The first-order valence-corrected chi connectivity index (χ1v) is 6.93. The van der Waals surface area contributed by atoms with Crippen molar-refractivity contribution in [2.75, 3.05) is 12.4 Å². The van der Waals surface area contributed by atoms with Crippen LogP contribution in [0.5, 0.6) is 0 Å². The average Bonchev–Trinajstić information content (AvgIpc) is 2.45. The van der Waals surface area contributed by atoms with E-state index in [4.69, 9.17) is 21.1 Å². The summed E-state index contributed by atoms with van der Waals surface area (Å²) in [7, 11) is 1.23. The largest absolute Gasteiger partial charge is 0.465 e. The lowest BCUT2D eigenvalue weighted by molar-refractivity contribution is -0.222. The van der Waals surface area contributed by atoms with Crippen LogP contribution in [-0.4, -0.2) is 30.8 Å². The van der Waals surface area contributed by atoms with Crippen molar-refractivity contribution < 1.29 is 28.6 Å². The Kier molecular flexibility index (Phi) is 4.60. The van der Waals surface area contributed by atoms with Gasteiger partial charge in [0.1, 0.15) is 0 Å². The van der Waals surface area contributed by atoms with Crippen LogP contribution in [0.15, 0.2) is 30.0 Å². The van der Waals surface area contributed by atoms with E-state index in [1.54, 1.807) is 6.07 Å². The number of hydrogen-bond donors (Lipinski definition) is 1. The van der Waals surface area contributed by atoms with Crippen LogP contribution < -0.4 is 5.32 Å². The first-order chi connectivity index (χ1) is 10.7. The molecule has 23 heavy (non-hydrogen) atoms. The van der Waals surface area contributed by atoms with Gasteiger partial charge in [-0.3, -0.25) is 0 Å². The summed E-state index contributed by atoms with van der Waals surface area (Å²) in [6.07, 6.45) is 1.08. The van der Waals surface area contributed by atoms with Crippen LogP contribution in [0.25, 0.3) is 0 Å². The van der Waals surface area contributed by atoms with Gasteiger partial charge in [0.05, 0.1) is 23.4 Å². The molecule has 0 bridgehead atoms. The van der Waals surface area contributed by atoms with Gasteiger partial charge in [-0.2, -0.15) is 0 Å². The molecule has 8 heteroatoms. The number of anilines is 1. The molecule has 1 fully saturated rings. The third-order valence-electron chi connectivity index (χ3n) is 2.90. The van der Waals surface area contributed by atoms with Gasteiger partial charge in [-0.1, -0.05) is 17.7 Å². The molecule has 0 radical (unpaired) electrons. The Bertz CT molecular complexity index is 688. The Hall–Kier alpha value is -2.54. The van der Waals surface area contributed by atoms with Crippen LogP contribution in [-0.2, 0) is 23.8 Å². The highest BCUT2D eigenvalue weighted by molar-refractivity contribution is 6.34. The first-order valence-electron chi connectivity index (χ1n) is 6.55. The van der Waals surface area contributed by atoms with E-state index < -0.39 is 23.7 Å². The summed E-state index contributed by atoms with van der Waals surface area (Å²) in [5, 5.41) is 2.87. The van der Waals surface area contributed by atoms with E-state index in [9.17, 15) is 14.4 Å². The van der Waals surface area contributed by atoms with Gasteiger partial charge in [-0.25, -0.2) is 14.4 Å². The number of halogens is 1. The highest BCUT2D eigenvalue weighted by Crippen LogP contribution is 2.28. The third-order valence-corrected chi connectivity index (χ3v) is 3.21. The van der Waals surface area contributed by atoms with Crippen molar-refractivity contribution in [3.8, 4) is 0 Å². The molecule has 0 atom stereocenters. The number of para-hydroxylation sites is 1. The van der Waals surface area contributed by atoms with Gasteiger partial charge in [0.25, 0.3) is 5.79 Å². The second-order valence-corrected chi connectivity index (χ2v) is 5.44. The molecule has 1 aliphatic heterocycles. The number of benzene rings is 1. The molecule has 0 saturated carbocycles. The zero-order chi connectivity index (χ0) is 17.2. The Morgan fingerprint density at radius 1 is 1.26 bits per heavy atom. The van der Waals surface area contributed by atoms with Crippen molar-refractivity contribution in [3.05, 3.63) is 40.6 Å². The van der Waals surface area contributed by atoms with Gasteiger partial charge in [0, 0.05) is 20.0 Å². The van der Waals surface area contributed by atoms with Crippen LogP contribution in [0.4, 0.5) is 5.69 Å². The smallest absolute Gasteiger partial charge is 0.350 e. The number of carbonyl (C=O) groups is 3. The molecule has 0 aliphatic carbocycles. The normalized spacial score (nSPS) is 16.3. The maximum Gasteiger partial charge on any atom is 0.350 e. The van der Waals surface area contributed by atoms with Crippen molar-refractivity contribution in [1.29, 1.82) is 0 Å². The van der Waals surface area contributed by atoms with Gasteiger partial charge < -0.3 is 19.5 Å². The minimum absolute atomic E-state index is 0.148. The second-order valence-electron chi connectivity index (χ2n) is 5.04.